The number of rotatable bonds is 5. The average molecular weight is 329 g/mol. The van der Waals surface area contributed by atoms with E-state index in [4.69, 9.17) is 11.6 Å². The van der Waals surface area contributed by atoms with Crippen LogP contribution in [0.3, 0.4) is 0 Å². The minimum absolute atomic E-state index is 0.0572. The van der Waals surface area contributed by atoms with E-state index in [1.807, 2.05) is 0 Å². The van der Waals surface area contributed by atoms with E-state index in [1.165, 1.54) is 30.3 Å². The Balaban J connectivity index is 2.27. The summed E-state index contributed by atoms with van der Waals surface area (Å²) in [5.74, 6) is -0.797. The normalized spacial score (nSPS) is 11.4. The van der Waals surface area contributed by atoms with Gasteiger partial charge in [-0.2, -0.15) is 0 Å². The first-order valence-electron chi connectivity index (χ1n) is 6.14. The molecule has 2 aromatic rings. The quantitative estimate of drug-likeness (QED) is 0.887. The zero-order valence-corrected chi connectivity index (χ0v) is 12.8. The third-order valence-corrected chi connectivity index (χ3v) is 4.48. The number of anilines is 1. The molecule has 2 N–H and O–H groups in total. The fourth-order valence-corrected chi connectivity index (χ4v) is 3.01. The Kier molecular flexibility index (Phi) is 4.82. The van der Waals surface area contributed by atoms with E-state index in [0.29, 0.717) is 6.54 Å². The van der Waals surface area contributed by atoms with Crippen LogP contribution in [0.1, 0.15) is 5.56 Å². The molecule has 4 nitrogen and oxygen atoms in total. The van der Waals surface area contributed by atoms with Gasteiger partial charge in [-0.25, -0.2) is 12.8 Å². The molecule has 2 rings (SSSR count). The summed E-state index contributed by atoms with van der Waals surface area (Å²) in [6.45, 7) is 0.636. The van der Waals surface area contributed by atoms with Crippen molar-refractivity contribution in [1.82, 2.24) is 5.32 Å². The van der Waals surface area contributed by atoms with Gasteiger partial charge >= 0.3 is 0 Å². The molecular formula is C14H14ClFN2O2S. The van der Waals surface area contributed by atoms with Gasteiger partial charge in [0.25, 0.3) is 10.0 Å². The summed E-state index contributed by atoms with van der Waals surface area (Å²) in [5, 5.41) is 2.83. The van der Waals surface area contributed by atoms with Crippen LogP contribution in [0.2, 0.25) is 5.02 Å². The van der Waals surface area contributed by atoms with Crippen molar-refractivity contribution in [3.63, 3.8) is 0 Å². The summed E-state index contributed by atoms with van der Waals surface area (Å²) in [4.78, 5) is 0.0572. The third-order valence-electron chi connectivity index (χ3n) is 2.81. The molecule has 0 aliphatic heterocycles. The molecule has 21 heavy (non-hydrogen) atoms. The van der Waals surface area contributed by atoms with Crippen molar-refractivity contribution in [2.45, 2.75) is 11.4 Å². The Morgan fingerprint density at radius 1 is 1.14 bits per heavy atom. The average Bonchev–Trinajstić information content (AvgIpc) is 2.45. The standard InChI is InChI=1S/C14H14ClFN2O2S/c1-17-9-10-5-7-11(8-6-10)21(19,20)18-13-4-2-3-12(15)14(13)16/h2-8,17-18H,9H2,1H3. The Hall–Kier alpha value is -1.63. The zero-order chi connectivity index (χ0) is 15.5. The molecule has 0 radical (unpaired) electrons. The van der Waals surface area contributed by atoms with Crippen LogP contribution in [0, 0.1) is 5.82 Å². The van der Waals surface area contributed by atoms with Gasteiger partial charge in [0.05, 0.1) is 15.6 Å². The van der Waals surface area contributed by atoms with E-state index >= 15 is 0 Å². The Bertz CT molecular complexity index is 733. The first-order valence-corrected chi connectivity index (χ1v) is 8.00. The van der Waals surface area contributed by atoms with Crippen molar-refractivity contribution in [3.05, 3.63) is 58.9 Å². The highest BCUT2D eigenvalue weighted by molar-refractivity contribution is 7.92. The molecule has 7 heteroatoms. The van der Waals surface area contributed by atoms with E-state index in [-0.39, 0.29) is 15.6 Å². The van der Waals surface area contributed by atoms with Crippen LogP contribution in [0.25, 0.3) is 0 Å². The predicted molar refractivity (Wildman–Crippen MR) is 81.4 cm³/mol. The van der Waals surface area contributed by atoms with Gasteiger partial charge in [-0.3, -0.25) is 4.72 Å². The second-order valence-electron chi connectivity index (χ2n) is 4.38. The molecule has 0 aromatic heterocycles. The lowest BCUT2D eigenvalue weighted by Gasteiger charge is -2.10. The molecular weight excluding hydrogens is 315 g/mol. The molecule has 112 valence electrons. The van der Waals surface area contributed by atoms with Crippen molar-refractivity contribution in [2.24, 2.45) is 0 Å². The Labute approximate surface area is 128 Å². The lowest BCUT2D eigenvalue weighted by atomic mass is 10.2. The van der Waals surface area contributed by atoms with E-state index in [2.05, 4.69) is 10.0 Å². The number of hydrogen-bond donors (Lipinski definition) is 2. The molecule has 0 spiro atoms. The Morgan fingerprint density at radius 2 is 1.81 bits per heavy atom. The third kappa shape index (κ3) is 3.72. The fraction of sp³-hybridized carbons (Fsp3) is 0.143. The second kappa shape index (κ2) is 6.43. The van der Waals surface area contributed by atoms with Crippen LogP contribution in [0.15, 0.2) is 47.4 Å². The molecule has 0 heterocycles. The van der Waals surface area contributed by atoms with Gasteiger partial charge in [0.2, 0.25) is 0 Å². The molecule has 0 unspecified atom stereocenters. The SMILES string of the molecule is CNCc1ccc(S(=O)(=O)Nc2cccc(Cl)c2F)cc1. The summed E-state index contributed by atoms with van der Waals surface area (Å²) in [6, 6.07) is 10.5. The van der Waals surface area contributed by atoms with Gasteiger partial charge < -0.3 is 5.32 Å². The first-order chi connectivity index (χ1) is 9.94. The second-order valence-corrected chi connectivity index (χ2v) is 6.47. The van der Waals surface area contributed by atoms with E-state index < -0.39 is 15.8 Å². The summed E-state index contributed by atoms with van der Waals surface area (Å²) in [6.07, 6.45) is 0. The highest BCUT2D eigenvalue weighted by Crippen LogP contribution is 2.24. The fourth-order valence-electron chi connectivity index (χ4n) is 1.78. The predicted octanol–water partition coefficient (Wildman–Crippen LogP) is 3.00. The zero-order valence-electron chi connectivity index (χ0n) is 11.2. The number of sulfonamides is 1. The van der Waals surface area contributed by atoms with Crippen LogP contribution in [-0.2, 0) is 16.6 Å². The number of halogens is 2. The lowest BCUT2D eigenvalue weighted by Crippen LogP contribution is -2.14. The number of benzene rings is 2. The van der Waals surface area contributed by atoms with Crippen LogP contribution in [0.5, 0.6) is 0 Å². The van der Waals surface area contributed by atoms with Gasteiger partial charge in [-0.1, -0.05) is 29.8 Å². The van der Waals surface area contributed by atoms with Crippen LogP contribution in [-0.4, -0.2) is 15.5 Å². The van der Waals surface area contributed by atoms with Gasteiger partial charge in [0.1, 0.15) is 0 Å². The molecule has 0 aliphatic carbocycles. The molecule has 0 saturated heterocycles. The van der Waals surface area contributed by atoms with Crippen molar-refractivity contribution in [1.29, 1.82) is 0 Å². The molecule has 0 atom stereocenters. The molecule has 0 bridgehead atoms. The first kappa shape index (κ1) is 15.8. The smallest absolute Gasteiger partial charge is 0.261 e. The summed E-state index contributed by atoms with van der Waals surface area (Å²) < 4.78 is 40.3. The molecule has 0 fully saturated rings. The maximum atomic E-state index is 13.7. The highest BCUT2D eigenvalue weighted by Gasteiger charge is 2.17. The van der Waals surface area contributed by atoms with Crippen molar-refractivity contribution in [3.8, 4) is 0 Å². The molecule has 2 aromatic carbocycles. The maximum absolute atomic E-state index is 13.7. The van der Waals surface area contributed by atoms with Crippen molar-refractivity contribution < 1.29 is 12.8 Å². The molecule has 0 amide bonds. The van der Waals surface area contributed by atoms with Gasteiger partial charge in [0.15, 0.2) is 5.82 Å². The van der Waals surface area contributed by atoms with Crippen LogP contribution < -0.4 is 10.0 Å². The van der Waals surface area contributed by atoms with E-state index in [0.717, 1.165) is 5.56 Å². The van der Waals surface area contributed by atoms with Gasteiger partial charge in [0, 0.05) is 6.54 Å². The largest absolute Gasteiger partial charge is 0.316 e. The highest BCUT2D eigenvalue weighted by atomic mass is 35.5. The maximum Gasteiger partial charge on any atom is 0.261 e. The lowest BCUT2D eigenvalue weighted by molar-refractivity contribution is 0.598. The van der Waals surface area contributed by atoms with Crippen molar-refractivity contribution in [2.75, 3.05) is 11.8 Å². The van der Waals surface area contributed by atoms with Crippen LogP contribution >= 0.6 is 11.6 Å². The number of nitrogens with one attached hydrogen (secondary N) is 2. The van der Waals surface area contributed by atoms with Gasteiger partial charge in [-0.15, -0.1) is 0 Å². The molecule has 0 aliphatic rings. The van der Waals surface area contributed by atoms with E-state index in [1.54, 1.807) is 19.2 Å². The summed E-state index contributed by atoms with van der Waals surface area (Å²) in [7, 11) is -2.05. The minimum Gasteiger partial charge on any atom is -0.316 e. The summed E-state index contributed by atoms with van der Waals surface area (Å²) in [5.41, 5.74) is 0.771. The van der Waals surface area contributed by atoms with Crippen molar-refractivity contribution >= 4 is 27.3 Å². The minimum atomic E-state index is -3.85. The topological polar surface area (TPSA) is 58.2 Å². The summed E-state index contributed by atoms with van der Waals surface area (Å²) >= 11 is 5.63. The Morgan fingerprint density at radius 3 is 2.43 bits per heavy atom. The number of hydrogen-bond acceptors (Lipinski definition) is 3. The van der Waals surface area contributed by atoms with Gasteiger partial charge in [-0.05, 0) is 36.9 Å². The monoisotopic (exact) mass is 328 g/mol. The van der Waals surface area contributed by atoms with Crippen LogP contribution in [0.4, 0.5) is 10.1 Å². The molecule has 0 saturated carbocycles. The van der Waals surface area contributed by atoms with E-state index in [9.17, 15) is 12.8 Å².